The monoisotopic (exact) mass is 270 g/mol. The summed E-state index contributed by atoms with van der Waals surface area (Å²) < 4.78 is 0.960. The van der Waals surface area contributed by atoms with E-state index in [1.54, 1.807) is 11.3 Å². The largest absolute Gasteiger partial charge is 0.338 e. The van der Waals surface area contributed by atoms with E-state index in [1.165, 1.54) is 11.8 Å². The van der Waals surface area contributed by atoms with E-state index < -0.39 is 0 Å². The van der Waals surface area contributed by atoms with Crippen LogP contribution in [0, 0.1) is 6.92 Å². The van der Waals surface area contributed by atoms with Gasteiger partial charge in [0.25, 0.3) is 0 Å². The maximum absolute atomic E-state index is 11.9. The molecule has 1 amide bonds. The predicted molar refractivity (Wildman–Crippen MR) is 74.6 cm³/mol. The average Bonchev–Trinajstić information content (AvgIpc) is 2.68. The van der Waals surface area contributed by atoms with Crippen LogP contribution in [0.25, 0.3) is 0 Å². The second kappa shape index (κ2) is 6.81. The van der Waals surface area contributed by atoms with Crippen molar-refractivity contribution in [1.82, 2.24) is 9.88 Å². The Morgan fingerprint density at radius 3 is 2.82 bits per heavy atom. The molecule has 17 heavy (non-hydrogen) atoms. The van der Waals surface area contributed by atoms with Gasteiger partial charge < -0.3 is 4.90 Å². The molecular weight excluding hydrogens is 252 g/mol. The van der Waals surface area contributed by atoms with Crippen LogP contribution < -0.4 is 0 Å². The van der Waals surface area contributed by atoms with E-state index in [-0.39, 0.29) is 5.91 Å². The van der Waals surface area contributed by atoms with E-state index in [2.05, 4.69) is 11.6 Å². The normalized spacial score (nSPS) is 10.3. The minimum absolute atomic E-state index is 0.147. The molecule has 1 rings (SSSR count). The Morgan fingerprint density at radius 1 is 1.65 bits per heavy atom. The lowest BCUT2D eigenvalue weighted by Crippen LogP contribution is -2.33. The molecule has 1 aromatic heterocycles. The average molecular weight is 270 g/mol. The zero-order valence-corrected chi connectivity index (χ0v) is 12.2. The SMILES string of the molecule is C=C(C)CN(CC)C(=O)CSc1nc(C)cs1. The molecule has 0 atom stereocenters. The number of likely N-dealkylation sites (N-methyl/N-ethyl adjacent to an activating group) is 1. The summed E-state index contributed by atoms with van der Waals surface area (Å²) in [6.45, 7) is 11.1. The van der Waals surface area contributed by atoms with Crippen molar-refractivity contribution in [3.63, 3.8) is 0 Å². The van der Waals surface area contributed by atoms with Crippen molar-refractivity contribution in [3.8, 4) is 0 Å². The first-order valence-corrected chi connectivity index (χ1v) is 7.36. The molecule has 0 saturated carbocycles. The van der Waals surface area contributed by atoms with E-state index >= 15 is 0 Å². The van der Waals surface area contributed by atoms with Crippen LogP contribution in [0.15, 0.2) is 21.9 Å². The highest BCUT2D eigenvalue weighted by molar-refractivity contribution is 8.01. The third-order valence-corrected chi connectivity index (χ3v) is 4.24. The van der Waals surface area contributed by atoms with E-state index in [4.69, 9.17) is 0 Å². The van der Waals surface area contributed by atoms with Crippen molar-refractivity contribution in [2.75, 3.05) is 18.8 Å². The second-order valence-electron chi connectivity index (χ2n) is 3.91. The lowest BCUT2D eigenvalue weighted by molar-refractivity contribution is -0.127. The maximum atomic E-state index is 11.9. The molecule has 0 bridgehead atoms. The number of nitrogens with zero attached hydrogens (tertiary/aromatic N) is 2. The van der Waals surface area contributed by atoms with Crippen molar-refractivity contribution in [3.05, 3.63) is 23.2 Å². The van der Waals surface area contributed by atoms with Crippen LogP contribution in [0.1, 0.15) is 19.5 Å². The van der Waals surface area contributed by atoms with Gasteiger partial charge in [0.15, 0.2) is 4.34 Å². The van der Waals surface area contributed by atoms with Gasteiger partial charge in [0.1, 0.15) is 0 Å². The summed E-state index contributed by atoms with van der Waals surface area (Å²) in [7, 11) is 0. The summed E-state index contributed by atoms with van der Waals surface area (Å²) in [5, 5.41) is 2.00. The molecule has 3 nitrogen and oxygen atoms in total. The fourth-order valence-corrected chi connectivity index (χ4v) is 3.07. The molecule has 0 N–H and O–H groups in total. The Balaban J connectivity index is 2.44. The van der Waals surface area contributed by atoms with Gasteiger partial charge in [-0.3, -0.25) is 4.79 Å². The van der Waals surface area contributed by atoms with Crippen LogP contribution in [0.5, 0.6) is 0 Å². The quantitative estimate of drug-likeness (QED) is 0.588. The molecule has 0 fully saturated rings. The number of carbonyl (C=O) groups excluding carboxylic acids is 1. The molecular formula is C12H18N2OS2. The molecule has 0 spiro atoms. The van der Waals surface area contributed by atoms with Gasteiger partial charge in [0, 0.05) is 24.2 Å². The van der Waals surface area contributed by atoms with Crippen molar-refractivity contribution < 1.29 is 4.79 Å². The topological polar surface area (TPSA) is 33.2 Å². The number of aromatic nitrogens is 1. The Labute approximate surface area is 111 Å². The van der Waals surface area contributed by atoms with Crippen LogP contribution in [-0.4, -0.2) is 34.6 Å². The molecule has 5 heteroatoms. The number of thiazole rings is 1. The molecule has 0 aliphatic rings. The first-order chi connectivity index (χ1) is 8.02. The second-order valence-corrected chi connectivity index (χ2v) is 5.99. The maximum Gasteiger partial charge on any atom is 0.233 e. The molecule has 1 aromatic rings. The molecule has 0 unspecified atom stereocenters. The lowest BCUT2D eigenvalue weighted by atomic mass is 10.3. The van der Waals surface area contributed by atoms with E-state index in [0.29, 0.717) is 12.3 Å². The van der Waals surface area contributed by atoms with Crippen LogP contribution in [0.3, 0.4) is 0 Å². The number of hydrogen-bond donors (Lipinski definition) is 0. The van der Waals surface area contributed by atoms with E-state index in [1.807, 2.05) is 31.1 Å². The highest BCUT2D eigenvalue weighted by atomic mass is 32.2. The summed E-state index contributed by atoms with van der Waals surface area (Å²) in [5.41, 5.74) is 2.02. The van der Waals surface area contributed by atoms with Crippen LogP contribution in [0.2, 0.25) is 0 Å². The molecule has 94 valence electrons. The van der Waals surface area contributed by atoms with E-state index in [9.17, 15) is 4.79 Å². The molecule has 0 aliphatic heterocycles. The summed E-state index contributed by atoms with van der Waals surface area (Å²) in [4.78, 5) is 18.1. The highest BCUT2D eigenvalue weighted by Crippen LogP contribution is 2.22. The Kier molecular flexibility index (Phi) is 5.71. The zero-order valence-electron chi connectivity index (χ0n) is 10.5. The van der Waals surface area contributed by atoms with Gasteiger partial charge in [-0.15, -0.1) is 11.3 Å². The first-order valence-electron chi connectivity index (χ1n) is 5.50. The van der Waals surface area contributed by atoms with Gasteiger partial charge in [-0.1, -0.05) is 23.9 Å². The summed E-state index contributed by atoms with van der Waals surface area (Å²) >= 11 is 3.09. The fraction of sp³-hybridized carbons (Fsp3) is 0.500. The highest BCUT2D eigenvalue weighted by Gasteiger charge is 2.12. The predicted octanol–water partition coefficient (Wildman–Crippen LogP) is 2.97. The summed E-state index contributed by atoms with van der Waals surface area (Å²) in [5.74, 6) is 0.599. The first kappa shape index (κ1) is 14.3. The third kappa shape index (κ3) is 4.91. The molecule has 0 aromatic carbocycles. The number of aryl methyl sites for hydroxylation is 1. The molecule has 1 heterocycles. The molecule has 0 aliphatic carbocycles. The minimum Gasteiger partial charge on any atom is -0.338 e. The van der Waals surface area contributed by atoms with Crippen LogP contribution >= 0.6 is 23.1 Å². The van der Waals surface area contributed by atoms with Crippen molar-refractivity contribution in [2.24, 2.45) is 0 Å². The standard InChI is InChI=1S/C12H18N2OS2/c1-5-14(6-9(2)3)11(15)8-17-12-13-10(4)7-16-12/h7H,2,5-6,8H2,1,3-4H3. The number of hydrogen-bond acceptors (Lipinski definition) is 4. The Bertz CT molecular complexity index is 401. The molecule has 0 radical (unpaired) electrons. The fourth-order valence-electron chi connectivity index (χ4n) is 1.32. The van der Waals surface area contributed by atoms with Crippen LogP contribution in [0.4, 0.5) is 0 Å². The lowest BCUT2D eigenvalue weighted by Gasteiger charge is -2.20. The van der Waals surface area contributed by atoms with Crippen molar-refractivity contribution in [2.45, 2.75) is 25.1 Å². The zero-order chi connectivity index (χ0) is 12.8. The molecule has 0 saturated heterocycles. The van der Waals surface area contributed by atoms with Gasteiger partial charge in [0.2, 0.25) is 5.91 Å². The summed E-state index contributed by atoms with van der Waals surface area (Å²) in [6.07, 6.45) is 0. The van der Waals surface area contributed by atoms with E-state index in [0.717, 1.165) is 22.2 Å². The number of thioether (sulfide) groups is 1. The minimum atomic E-state index is 0.147. The van der Waals surface area contributed by atoms with Gasteiger partial charge in [-0.2, -0.15) is 0 Å². The number of amides is 1. The Morgan fingerprint density at radius 2 is 2.35 bits per heavy atom. The summed E-state index contributed by atoms with van der Waals surface area (Å²) in [6, 6.07) is 0. The number of carbonyl (C=O) groups is 1. The third-order valence-electron chi connectivity index (χ3n) is 2.11. The van der Waals surface area contributed by atoms with Crippen molar-refractivity contribution in [1.29, 1.82) is 0 Å². The van der Waals surface area contributed by atoms with Gasteiger partial charge in [-0.05, 0) is 20.8 Å². The smallest absolute Gasteiger partial charge is 0.233 e. The van der Waals surface area contributed by atoms with Gasteiger partial charge >= 0.3 is 0 Å². The van der Waals surface area contributed by atoms with Gasteiger partial charge in [-0.25, -0.2) is 4.98 Å². The van der Waals surface area contributed by atoms with Crippen molar-refractivity contribution >= 4 is 29.0 Å². The number of rotatable bonds is 6. The Hall–Kier alpha value is -0.810. The van der Waals surface area contributed by atoms with Gasteiger partial charge in [0.05, 0.1) is 5.75 Å². The van der Waals surface area contributed by atoms with Crippen LogP contribution in [-0.2, 0) is 4.79 Å².